The topological polar surface area (TPSA) is 148 Å². The van der Waals surface area contributed by atoms with Gasteiger partial charge in [-0.05, 0) is 232 Å². The van der Waals surface area contributed by atoms with E-state index in [1.54, 1.807) is 28.4 Å². The van der Waals surface area contributed by atoms with Gasteiger partial charge in [0.1, 0.15) is 0 Å². The van der Waals surface area contributed by atoms with Gasteiger partial charge < -0.3 is 52.4 Å². The van der Waals surface area contributed by atoms with Gasteiger partial charge in [-0.1, -0.05) is 41.5 Å². The number of ether oxygens (including phenoxy) is 9. The zero-order valence-corrected chi connectivity index (χ0v) is 105. The first-order valence-electron chi connectivity index (χ1n) is 59.5. The average molecular weight is 2090 g/mol. The van der Waals surface area contributed by atoms with Gasteiger partial charge in [0, 0.05) is 437 Å². The number of nitrogens with zero attached hydrogens (tertiary/aromatic N) is 20. The van der Waals surface area contributed by atoms with Gasteiger partial charge in [-0.2, -0.15) is 0 Å². The lowest BCUT2D eigenvalue weighted by atomic mass is 9.88. The Labute approximate surface area is 907 Å². The smallest absolute Gasteiger partial charge is 0.0749 e. The maximum atomic E-state index is 5.75. The number of rotatable bonds is 43. The fraction of sp³-hybridized carbons (Fsp3) is 1.00. The van der Waals surface area contributed by atoms with Gasteiger partial charge in [0.15, 0.2) is 0 Å². The highest BCUT2D eigenvalue weighted by Crippen LogP contribution is 2.25. The zero-order valence-electron chi connectivity index (χ0n) is 105. The van der Waals surface area contributed by atoms with E-state index in [0.29, 0.717) is 84.7 Å². The second kappa shape index (κ2) is 82.3. The zero-order chi connectivity index (χ0) is 110. The summed E-state index contributed by atoms with van der Waals surface area (Å²) in [4.78, 5) is 50.6. The van der Waals surface area contributed by atoms with E-state index in [2.05, 4.69) is 340 Å². The highest BCUT2D eigenvalue weighted by atomic mass is 16.5. The van der Waals surface area contributed by atoms with Crippen molar-refractivity contribution in [2.24, 2.45) is 11.3 Å². The molecule has 10 saturated heterocycles. The molecular weight excluding hydrogens is 1830 g/mol. The minimum atomic E-state index is -0.0139. The quantitative estimate of drug-likeness (QED) is 0.0533. The lowest BCUT2D eigenvalue weighted by Crippen LogP contribution is -2.52. The molecule has 0 N–H and O–H groups in total. The molecule has 3 unspecified atom stereocenters. The lowest BCUT2D eigenvalue weighted by Gasteiger charge is -2.40. The number of hydrogen-bond acceptors (Lipinski definition) is 29. The Bertz CT molecular complexity index is 2840. The molecule has 10 aliphatic rings. The largest absolute Gasteiger partial charge is 0.385 e. The molecule has 0 aromatic rings. The number of hydrogen-bond donors (Lipinski definition) is 0. The molecule has 0 bridgehead atoms. The predicted octanol–water partition coefficient (Wildman–Crippen LogP) is 13.7. The van der Waals surface area contributed by atoms with Crippen LogP contribution in [0.3, 0.4) is 0 Å². The minimum absolute atomic E-state index is 0.000243. The lowest BCUT2D eigenvalue weighted by molar-refractivity contribution is -0.0203. The van der Waals surface area contributed by atoms with Crippen LogP contribution in [0.1, 0.15) is 255 Å². The van der Waals surface area contributed by atoms with E-state index in [1.807, 2.05) is 14.2 Å². The van der Waals surface area contributed by atoms with Crippen molar-refractivity contribution in [3.05, 3.63) is 0 Å². The second-order valence-corrected chi connectivity index (χ2v) is 49.1. The van der Waals surface area contributed by atoms with E-state index in [1.165, 1.54) is 281 Å². The summed E-state index contributed by atoms with van der Waals surface area (Å²) in [5.41, 5.74) is 0.212. The van der Waals surface area contributed by atoms with E-state index in [4.69, 9.17) is 42.6 Å². The summed E-state index contributed by atoms with van der Waals surface area (Å²) >= 11 is 0. The number of methoxy groups -OCH3 is 6. The van der Waals surface area contributed by atoms with Crippen LogP contribution in [0.15, 0.2) is 0 Å². The molecule has 0 saturated carbocycles. The van der Waals surface area contributed by atoms with Gasteiger partial charge in [0.25, 0.3) is 0 Å². The molecule has 3 atom stereocenters. The third-order valence-corrected chi connectivity index (χ3v) is 31.1. The standard InChI is InChI=1S/C14H30N2O.2C13H28N2O.2C12H26N2O.3C11H24N2O.C10H22N2O.C10H22N2/c1-12(2)16-9-7-15(8-10-16)11-13(17-6)14(3,4)5;1-12(2)15-8-6-14(7-9-15)10-11-16-13(3,4)5;1-11(2)13(16-5)10-14-6-8-15(9-7-14)12(3)4;1-11(2)14-8-6-13(7-9-14)10-12(3,4)15-5;1-11(2)14-7-5-13(6-8-14)9-10-15-12(3)4;1-10(2)13-7-5-12(6-8-13)9-11(3)14-4;1-11(2)13-8-6-12(7-9-13)5-4-10-14-3;1-4-14-10-9-12-5-7-13(8-6-12)11(2)3;1-10(2)12-6-4-11(5-7-12)8-9-13-3;1-4-5-11-6-8-12(9-7-11)10(2)3/h12-13H,7-11H2,1-6H3;12H,6-11H2,1-5H3;11-13H,6-10H2,1-5H3;11H,6-10H2,1-5H3;11-12H,5-10H2,1-4H3;10-11H,5-9H2,1-4H3;2*11H,4-10H2,1-3H3;10H,4-9H2,1-3H3;10H,4-9H2,1-3H3. The fourth-order valence-electron chi connectivity index (χ4n) is 19.8. The van der Waals surface area contributed by atoms with Crippen LogP contribution in [0.25, 0.3) is 0 Å². The molecule has 876 valence electrons. The first-order chi connectivity index (χ1) is 68.9. The molecule has 29 nitrogen and oxygen atoms in total. The summed E-state index contributed by atoms with van der Waals surface area (Å²) in [6, 6.07) is 6.95. The molecule has 0 amide bonds. The van der Waals surface area contributed by atoms with Crippen molar-refractivity contribution in [1.82, 2.24) is 98.0 Å². The molecule has 10 fully saturated rings. The number of piperazine rings is 10. The van der Waals surface area contributed by atoms with Crippen LogP contribution in [0, 0.1) is 11.3 Å². The summed E-state index contributed by atoms with van der Waals surface area (Å²) in [7, 11) is 10.8. The van der Waals surface area contributed by atoms with E-state index in [0.717, 1.165) is 104 Å². The summed E-state index contributed by atoms with van der Waals surface area (Å²) in [6.45, 7) is 143. The molecule has 0 aromatic heterocycles. The van der Waals surface area contributed by atoms with E-state index >= 15 is 0 Å². The van der Waals surface area contributed by atoms with E-state index < -0.39 is 0 Å². The van der Waals surface area contributed by atoms with Crippen molar-refractivity contribution in [2.75, 3.05) is 410 Å². The van der Waals surface area contributed by atoms with Gasteiger partial charge in [-0.15, -0.1) is 0 Å². The first-order valence-corrected chi connectivity index (χ1v) is 59.5. The molecule has 29 heteroatoms. The Kier molecular flexibility index (Phi) is 80.5. The van der Waals surface area contributed by atoms with Crippen molar-refractivity contribution in [2.45, 2.75) is 351 Å². The molecule has 0 radical (unpaired) electrons. The summed E-state index contributed by atoms with van der Waals surface area (Å²) in [6.07, 6.45) is 3.89. The van der Waals surface area contributed by atoms with E-state index in [9.17, 15) is 0 Å². The van der Waals surface area contributed by atoms with Crippen molar-refractivity contribution in [1.29, 1.82) is 0 Å². The van der Waals surface area contributed by atoms with Crippen LogP contribution < -0.4 is 0 Å². The van der Waals surface area contributed by atoms with Crippen LogP contribution in [0.5, 0.6) is 0 Å². The molecular formula is C117H254N20O9. The van der Waals surface area contributed by atoms with Crippen molar-refractivity contribution < 1.29 is 42.6 Å². The third-order valence-electron chi connectivity index (χ3n) is 31.1. The molecule has 146 heavy (non-hydrogen) atoms. The average Bonchev–Trinajstić information content (AvgIpc) is 0.862. The predicted molar refractivity (Wildman–Crippen MR) is 627 cm³/mol. The Morgan fingerprint density at radius 2 is 0.507 bits per heavy atom. The van der Waals surface area contributed by atoms with Crippen molar-refractivity contribution in [3.8, 4) is 0 Å². The Hall–Kier alpha value is -1.16. The summed E-state index contributed by atoms with van der Waals surface area (Å²) in [5, 5.41) is 0. The van der Waals surface area contributed by atoms with Crippen LogP contribution in [0.4, 0.5) is 0 Å². The molecule has 0 spiro atoms. The minimum Gasteiger partial charge on any atom is -0.385 e. The maximum Gasteiger partial charge on any atom is 0.0749 e. The van der Waals surface area contributed by atoms with Gasteiger partial charge in [-0.3, -0.25) is 88.2 Å². The Morgan fingerprint density at radius 1 is 0.247 bits per heavy atom. The SMILES string of the molecule is CC(C)N1CCN(CCOC(C)(C)C)CC1.CC(C)OCCN1CCN(C(C)C)CC1.CCCN1CCN(C(C)C)CC1.CCOCCN1CCN(C(C)C)CC1.COC(C)(C)CN1CCN(C(C)C)CC1.COC(C)CN1CCN(C(C)C)CC1.COC(CN1CCN(C(C)C)CC1)C(C)(C)C.COC(CN1CCN(C(C)C)CC1)C(C)C.COCCCN1CCN(C(C)C)CC1.COCCN1CCN(C(C)C)CC1. The molecule has 0 aromatic carbocycles. The fourth-order valence-corrected chi connectivity index (χ4v) is 19.8. The van der Waals surface area contributed by atoms with Crippen LogP contribution in [-0.2, 0) is 42.6 Å². The second-order valence-electron chi connectivity index (χ2n) is 49.1. The van der Waals surface area contributed by atoms with Gasteiger partial charge >= 0.3 is 0 Å². The molecule has 0 aliphatic carbocycles. The normalized spacial score (nSPS) is 21.3. The summed E-state index contributed by atoms with van der Waals surface area (Å²) in [5.74, 6) is 0.605. The Morgan fingerprint density at radius 3 is 0.747 bits per heavy atom. The highest BCUT2D eigenvalue weighted by Gasteiger charge is 2.33. The van der Waals surface area contributed by atoms with Crippen molar-refractivity contribution in [3.63, 3.8) is 0 Å². The van der Waals surface area contributed by atoms with Gasteiger partial charge in [0.05, 0.1) is 62.0 Å². The molecule has 10 rings (SSSR count). The molecule has 10 aliphatic heterocycles. The molecule has 10 heterocycles. The van der Waals surface area contributed by atoms with Crippen LogP contribution in [-0.4, -0.2) is 604 Å². The van der Waals surface area contributed by atoms with Crippen LogP contribution in [0.2, 0.25) is 0 Å². The monoisotopic (exact) mass is 2080 g/mol. The van der Waals surface area contributed by atoms with Gasteiger partial charge in [0.2, 0.25) is 0 Å². The van der Waals surface area contributed by atoms with E-state index in [-0.39, 0.29) is 16.6 Å². The van der Waals surface area contributed by atoms with Gasteiger partial charge in [-0.25, -0.2) is 0 Å². The Balaban J connectivity index is 0.000000812. The summed E-state index contributed by atoms with van der Waals surface area (Å²) < 4.78 is 48.7. The highest BCUT2D eigenvalue weighted by molar-refractivity contribution is 4.87. The maximum absolute atomic E-state index is 5.75. The van der Waals surface area contributed by atoms with Crippen molar-refractivity contribution >= 4 is 0 Å². The first kappa shape index (κ1) is 143. The van der Waals surface area contributed by atoms with Crippen LogP contribution >= 0.6 is 0 Å². The third kappa shape index (κ3) is 68.5.